The lowest BCUT2D eigenvalue weighted by molar-refractivity contribution is 0.0236. The molecule has 0 radical (unpaired) electrons. The molecule has 2 rings (SSSR count). The van der Waals surface area contributed by atoms with Crippen molar-refractivity contribution < 1.29 is 9.53 Å². The molecule has 0 saturated carbocycles. The van der Waals surface area contributed by atoms with Gasteiger partial charge in [-0.1, -0.05) is 0 Å². The Morgan fingerprint density at radius 2 is 2.15 bits per heavy atom. The first kappa shape index (κ1) is 16.8. The molecule has 0 aliphatic carbocycles. The standard InChI is InChI=1S/C13H22N4O2.ClH/c1-13(2,3)19-12(18)16-5-4-6-17-9-15-10(7-14)11(17)8-16;/h9H,4-8,14H2,1-3H3;1H. The summed E-state index contributed by atoms with van der Waals surface area (Å²) in [5, 5.41) is 0. The summed E-state index contributed by atoms with van der Waals surface area (Å²) in [6.07, 6.45) is 2.42. The van der Waals surface area contributed by atoms with Crippen molar-refractivity contribution in [3.63, 3.8) is 0 Å². The second-order valence-electron chi connectivity index (χ2n) is 5.79. The van der Waals surface area contributed by atoms with Crippen LogP contribution in [0, 0.1) is 0 Å². The van der Waals surface area contributed by atoms with Gasteiger partial charge in [-0.15, -0.1) is 12.4 Å². The number of imidazole rings is 1. The van der Waals surface area contributed by atoms with Gasteiger partial charge in [0, 0.05) is 19.6 Å². The minimum absolute atomic E-state index is 0. The molecule has 0 atom stereocenters. The van der Waals surface area contributed by atoms with Gasteiger partial charge in [0.25, 0.3) is 0 Å². The van der Waals surface area contributed by atoms with E-state index in [0.717, 1.165) is 24.4 Å². The van der Waals surface area contributed by atoms with Gasteiger partial charge in [-0.2, -0.15) is 0 Å². The van der Waals surface area contributed by atoms with Crippen LogP contribution >= 0.6 is 12.4 Å². The van der Waals surface area contributed by atoms with Crippen LogP contribution in [0.1, 0.15) is 38.6 Å². The Balaban J connectivity index is 0.00000200. The number of ether oxygens (including phenoxy) is 1. The molecule has 114 valence electrons. The Kier molecular flexibility index (Phi) is 5.42. The van der Waals surface area contributed by atoms with E-state index in [2.05, 4.69) is 9.55 Å². The first-order valence-corrected chi connectivity index (χ1v) is 6.61. The number of nitrogens with two attached hydrogens (primary N) is 1. The number of fused-ring (bicyclic) bond motifs is 1. The smallest absolute Gasteiger partial charge is 0.410 e. The van der Waals surface area contributed by atoms with Crippen LogP contribution in [-0.2, 0) is 24.4 Å². The molecule has 2 N–H and O–H groups in total. The zero-order valence-corrected chi connectivity index (χ0v) is 13.1. The van der Waals surface area contributed by atoms with Crippen molar-refractivity contribution in [2.45, 2.75) is 52.4 Å². The monoisotopic (exact) mass is 302 g/mol. The molecule has 7 heteroatoms. The average molecular weight is 303 g/mol. The predicted molar refractivity (Wildman–Crippen MR) is 78.6 cm³/mol. The molecule has 20 heavy (non-hydrogen) atoms. The fraction of sp³-hybridized carbons (Fsp3) is 0.692. The van der Waals surface area contributed by atoms with E-state index in [9.17, 15) is 4.79 Å². The highest BCUT2D eigenvalue weighted by molar-refractivity contribution is 5.85. The van der Waals surface area contributed by atoms with Gasteiger partial charge in [0.1, 0.15) is 5.60 Å². The number of halogens is 1. The quantitative estimate of drug-likeness (QED) is 0.860. The lowest BCUT2D eigenvalue weighted by Crippen LogP contribution is -2.36. The highest BCUT2D eigenvalue weighted by Crippen LogP contribution is 2.18. The third-order valence-electron chi connectivity index (χ3n) is 3.05. The molecule has 0 spiro atoms. The number of carbonyl (C=O) groups is 1. The molecule has 1 amide bonds. The predicted octanol–water partition coefficient (Wildman–Crippen LogP) is 1.90. The summed E-state index contributed by atoms with van der Waals surface area (Å²) in [6.45, 7) is 8.09. The molecular formula is C13H23ClN4O2. The summed E-state index contributed by atoms with van der Waals surface area (Å²) in [7, 11) is 0. The Bertz CT molecular complexity index is 467. The van der Waals surface area contributed by atoms with Crippen molar-refractivity contribution in [2.75, 3.05) is 6.54 Å². The highest BCUT2D eigenvalue weighted by Gasteiger charge is 2.25. The van der Waals surface area contributed by atoms with Gasteiger partial charge < -0.3 is 19.9 Å². The molecule has 1 aromatic rings. The molecule has 0 fully saturated rings. The zero-order chi connectivity index (χ0) is 14.0. The van der Waals surface area contributed by atoms with Crippen LogP contribution < -0.4 is 5.73 Å². The summed E-state index contributed by atoms with van der Waals surface area (Å²) in [6, 6.07) is 0. The molecule has 6 nitrogen and oxygen atoms in total. The van der Waals surface area contributed by atoms with Crippen molar-refractivity contribution in [1.82, 2.24) is 14.5 Å². The van der Waals surface area contributed by atoms with E-state index in [4.69, 9.17) is 10.5 Å². The molecule has 1 aliphatic heterocycles. The van der Waals surface area contributed by atoms with Crippen molar-refractivity contribution in [2.24, 2.45) is 5.73 Å². The van der Waals surface area contributed by atoms with Crippen LogP contribution in [0.2, 0.25) is 0 Å². The maximum absolute atomic E-state index is 12.1. The van der Waals surface area contributed by atoms with Crippen LogP contribution in [0.5, 0.6) is 0 Å². The third kappa shape index (κ3) is 3.86. The Morgan fingerprint density at radius 3 is 2.75 bits per heavy atom. The van der Waals surface area contributed by atoms with Crippen molar-refractivity contribution in [3.05, 3.63) is 17.7 Å². The summed E-state index contributed by atoms with van der Waals surface area (Å²) < 4.78 is 7.50. The van der Waals surface area contributed by atoms with Gasteiger partial charge in [0.2, 0.25) is 0 Å². The van der Waals surface area contributed by atoms with Gasteiger partial charge in [0.15, 0.2) is 0 Å². The molecule has 1 aromatic heterocycles. The molecule has 2 heterocycles. The lowest BCUT2D eigenvalue weighted by Gasteiger charge is -2.26. The third-order valence-corrected chi connectivity index (χ3v) is 3.05. The van der Waals surface area contributed by atoms with Crippen LogP contribution in [0.3, 0.4) is 0 Å². The highest BCUT2D eigenvalue weighted by atomic mass is 35.5. The van der Waals surface area contributed by atoms with E-state index in [1.54, 1.807) is 11.2 Å². The fourth-order valence-corrected chi connectivity index (χ4v) is 2.17. The van der Waals surface area contributed by atoms with Gasteiger partial charge in [-0.3, -0.25) is 0 Å². The summed E-state index contributed by atoms with van der Waals surface area (Å²) in [5.74, 6) is 0. The molecule has 0 bridgehead atoms. The van der Waals surface area contributed by atoms with E-state index in [0.29, 0.717) is 19.6 Å². The zero-order valence-electron chi connectivity index (χ0n) is 12.3. The number of hydrogen-bond acceptors (Lipinski definition) is 4. The second kappa shape index (κ2) is 6.45. The molecular weight excluding hydrogens is 280 g/mol. The van der Waals surface area contributed by atoms with E-state index in [1.807, 2.05) is 20.8 Å². The van der Waals surface area contributed by atoms with Crippen molar-refractivity contribution >= 4 is 18.5 Å². The summed E-state index contributed by atoms with van der Waals surface area (Å²) in [5.41, 5.74) is 7.09. The van der Waals surface area contributed by atoms with Crippen LogP contribution in [0.4, 0.5) is 4.79 Å². The number of aromatic nitrogens is 2. The minimum Gasteiger partial charge on any atom is -0.444 e. The van der Waals surface area contributed by atoms with Crippen molar-refractivity contribution in [3.8, 4) is 0 Å². The van der Waals surface area contributed by atoms with Gasteiger partial charge in [-0.25, -0.2) is 9.78 Å². The number of hydrogen-bond donors (Lipinski definition) is 1. The maximum Gasteiger partial charge on any atom is 0.410 e. The second-order valence-corrected chi connectivity index (χ2v) is 5.79. The number of nitrogens with zero attached hydrogens (tertiary/aromatic N) is 3. The average Bonchev–Trinajstić information content (AvgIpc) is 2.55. The first-order chi connectivity index (χ1) is 8.90. The number of aryl methyl sites for hydroxylation is 1. The van der Waals surface area contributed by atoms with Gasteiger partial charge >= 0.3 is 6.09 Å². The lowest BCUT2D eigenvalue weighted by atomic mass is 10.2. The number of carbonyl (C=O) groups excluding carboxylic acids is 1. The Labute approximate surface area is 125 Å². The van der Waals surface area contributed by atoms with Crippen LogP contribution in [0.15, 0.2) is 6.33 Å². The van der Waals surface area contributed by atoms with Crippen molar-refractivity contribution in [1.29, 1.82) is 0 Å². The summed E-state index contributed by atoms with van der Waals surface area (Å²) >= 11 is 0. The SMILES string of the molecule is CC(C)(C)OC(=O)N1CCCn2cnc(CN)c2C1.Cl. The molecule has 1 aliphatic rings. The van der Waals surface area contributed by atoms with Crippen LogP contribution in [-0.4, -0.2) is 32.7 Å². The van der Waals surface area contributed by atoms with Crippen LogP contribution in [0.25, 0.3) is 0 Å². The topological polar surface area (TPSA) is 73.4 Å². The Hall–Kier alpha value is -1.27. The molecule has 0 saturated heterocycles. The Morgan fingerprint density at radius 1 is 1.45 bits per heavy atom. The minimum atomic E-state index is -0.472. The van der Waals surface area contributed by atoms with Gasteiger partial charge in [-0.05, 0) is 27.2 Å². The number of amides is 1. The fourth-order valence-electron chi connectivity index (χ4n) is 2.17. The molecule has 0 unspecified atom stereocenters. The number of rotatable bonds is 1. The first-order valence-electron chi connectivity index (χ1n) is 6.61. The van der Waals surface area contributed by atoms with E-state index < -0.39 is 5.60 Å². The van der Waals surface area contributed by atoms with E-state index in [1.165, 1.54) is 0 Å². The summed E-state index contributed by atoms with van der Waals surface area (Å²) in [4.78, 5) is 18.2. The normalized spacial score (nSPS) is 15.1. The maximum atomic E-state index is 12.1. The molecule has 0 aromatic carbocycles. The van der Waals surface area contributed by atoms with E-state index in [-0.39, 0.29) is 18.5 Å². The largest absolute Gasteiger partial charge is 0.444 e. The van der Waals surface area contributed by atoms with E-state index >= 15 is 0 Å². The van der Waals surface area contributed by atoms with Gasteiger partial charge in [0.05, 0.1) is 24.3 Å².